The molecule has 1 aromatic carbocycles. The van der Waals surface area contributed by atoms with Crippen LogP contribution in [0.3, 0.4) is 0 Å². The van der Waals surface area contributed by atoms with E-state index in [0.29, 0.717) is 22.9 Å². The predicted molar refractivity (Wildman–Crippen MR) is 73.1 cm³/mol. The zero-order chi connectivity index (χ0) is 14.1. The minimum atomic E-state index is 0.00564. The third-order valence-corrected chi connectivity index (χ3v) is 2.94. The molecule has 2 aromatic heterocycles. The number of aromatic nitrogens is 4. The second-order valence-corrected chi connectivity index (χ2v) is 4.38. The van der Waals surface area contributed by atoms with Gasteiger partial charge in [0.25, 0.3) is 0 Å². The molecule has 100 valence electrons. The molecule has 0 fully saturated rings. The van der Waals surface area contributed by atoms with Crippen molar-refractivity contribution in [3.05, 3.63) is 42.1 Å². The van der Waals surface area contributed by atoms with E-state index in [1.807, 2.05) is 19.1 Å². The number of pyridine rings is 1. The van der Waals surface area contributed by atoms with Crippen molar-refractivity contribution in [1.82, 2.24) is 20.2 Å². The summed E-state index contributed by atoms with van der Waals surface area (Å²) >= 11 is 0. The van der Waals surface area contributed by atoms with Crippen molar-refractivity contribution in [2.45, 2.75) is 6.92 Å². The largest absolute Gasteiger partial charge is 0.508 e. The van der Waals surface area contributed by atoms with E-state index in [9.17, 15) is 10.2 Å². The number of rotatable bonds is 2. The third kappa shape index (κ3) is 2.07. The van der Waals surface area contributed by atoms with Crippen molar-refractivity contribution in [3.8, 4) is 34.4 Å². The van der Waals surface area contributed by atoms with Gasteiger partial charge in [0.2, 0.25) is 0 Å². The lowest BCUT2D eigenvalue weighted by molar-refractivity contribution is 0.461. The van der Waals surface area contributed by atoms with Crippen molar-refractivity contribution in [2.75, 3.05) is 0 Å². The van der Waals surface area contributed by atoms with Crippen molar-refractivity contribution < 1.29 is 10.2 Å². The van der Waals surface area contributed by atoms with Crippen molar-refractivity contribution in [1.29, 1.82) is 0 Å². The monoisotopic (exact) mass is 268 g/mol. The van der Waals surface area contributed by atoms with Gasteiger partial charge in [0.1, 0.15) is 17.2 Å². The molecule has 0 aliphatic rings. The Morgan fingerprint density at radius 2 is 2.00 bits per heavy atom. The van der Waals surface area contributed by atoms with E-state index in [0.717, 1.165) is 5.56 Å². The van der Waals surface area contributed by atoms with Crippen LogP contribution in [0.5, 0.6) is 11.5 Å². The second-order valence-electron chi connectivity index (χ2n) is 4.38. The van der Waals surface area contributed by atoms with Crippen LogP contribution in [0.4, 0.5) is 0 Å². The topological polar surface area (TPSA) is 94.9 Å². The molecule has 6 nitrogen and oxygen atoms in total. The maximum atomic E-state index is 9.80. The summed E-state index contributed by atoms with van der Waals surface area (Å²) in [4.78, 5) is 8.56. The maximum Gasteiger partial charge on any atom is 0.185 e. The number of aromatic hydroxyl groups is 2. The molecule has 0 unspecified atom stereocenters. The highest BCUT2D eigenvalue weighted by Gasteiger charge is 2.13. The van der Waals surface area contributed by atoms with Crippen LogP contribution in [-0.2, 0) is 0 Å². The number of benzene rings is 1. The summed E-state index contributed by atoms with van der Waals surface area (Å²) in [7, 11) is 0. The van der Waals surface area contributed by atoms with E-state index in [1.54, 1.807) is 6.20 Å². The van der Waals surface area contributed by atoms with E-state index >= 15 is 0 Å². The van der Waals surface area contributed by atoms with Crippen LogP contribution in [-0.4, -0.2) is 30.4 Å². The second kappa shape index (κ2) is 4.65. The Morgan fingerprint density at radius 1 is 1.15 bits per heavy atom. The lowest BCUT2D eigenvalue weighted by Crippen LogP contribution is -1.89. The molecule has 0 aliphatic carbocycles. The fourth-order valence-electron chi connectivity index (χ4n) is 1.92. The fourth-order valence-corrected chi connectivity index (χ4v) is 1.92. The van der Waals surface area contributed by atoms with Crippen LogP contribution in [0.2, 0.25) is 0 Å². The Hall–Kier alpha value is -2.89. The summed E-state index contributed by atoms with van der Waals surface area (Å²) < 4.78 is 0. The highest BCUT2D eigenvalue weighted by atomic mass is 16.3. The SMILES string of the molecule is Cc1cccnc1-c1nc(-c2cc(O)ccc2O)n[nH]1. The smallest absolute Gasteiger partial charge is 0.185 e. The normalized spacial score (nSPS) is 10.7. The van der Waals surface area contributed by atoms with E-state index in [-0.39, 0.29) is 11.5 Å². The van der Waals surface area contributed by atoms with E-state index in [4.69, 9.17) is 0 Å². The lowest BCUT2D eigenvalue weighted by atomic mass is 10.2. The van der Waals surface area contributed by atoms with Gasteiger partial charge in [-0.15, -0.1) is 0 Å². The van der Waals surface area contributed by atoms with Crippen LogP contribution in [0.15, 0.2) is 36.5 Å². The van der Waals surface area contributed by atoms with Crippen molar-refractivity contribution >= 4 is 0 Å². The number of phenols is 2. The minimum absolute atomic E-state index is 0.00564. The van der Waals surface area contributed by atoms with Gasteiger partial charge >= 0.3 is 0 Å². The Labute approximate surface area is 114 Å². The first-order valence-electron chi connectivity index (χ1n) is 6.02. The molecule has 0 bridgehead atoms. The summed E-state index contributed by atoms with van der Waals surface area (Å²) in [5.41, 5.74) is 2.03. The summed E-state index contributed by atoms with van der Waals surface area (Å²) in [5.74, 6) is 0.864. The van der Waals surface area contributed by atoms with Gasteiger partial charge in [-0.1, -0.05) is 6.07 Å². The molecule has 3 N–H and O–H groups in total. The average Bonchev–Trinajstić information content (AvgIpc) is 2.91. The van der Waals surface area contributed by atoms with E-state index < -0.39 is 0 Å². The molecule has 3 aromatic rings. The van der Waals surface area contributed by atoms with Gasteiger partial charge in [0.15, 0.2) is 11.6 Å². The first-order chi connectivity index (χ1) is 9.65. The quantitative estimate of drug-likeness (QED) is 0.620. The number of aryl methyl sites for hydroxylation is 1. The third-order valence-electron chi connectivity index (χ3n) is 2.94. The number of H-pyrrole nitrogens is 1. The van der Waals surface area contributed by atoms with Gasteiger partial charge in [-0.25, -0.2) is 4.98 Å². The van der Waals surface area contributed by atoms with Crippen LogP contribution in [0, 0.1) is 6.92 Å². The standard InChI is InChI=1S/C14H12N4O2/c1-8-3-2-6-15-12(8)14-16-13(17-18-14)10-7-9(19)4-5-11(10)20/h2-7,19-20H,1H3,(H,16,17,18). The Bertz CT molecular complexity index is 767. The van der Waals surface area contributed by atoms with Crippen LogP contribution in [0.1, 0.15) is 5.56 Å². The molecule has 0 amide bonds. The molecule has 0 aliphatic heterocycles. The number of aromatic amines is 1. The lowest BCUT2D eigenvalue weighted by Gasteiger charge is -2.00. The average molecular weight is 268 g/mol. The molecule has 0 spiro atoms. The van der Waals surface area contributed by atoms with E-state index in [1.165, 1.54) is 18.2 Å². The van der Waals surface area contributed by atoms with Crippen LogP contribution < -0.4 is 0 Å². The number of hydrogen-bond acceptors (Lipinski definition) is 5. The molecule has 0 saturated carbocycles. The first kappa shape index (κ1) is 12.2. The maximum absolute atomic E-state index is 9.80. The van der Waals surface area contributed by atoms with Crippen molar-refractivity contribution in [2.24, 2.45) is 0 Å². The molecular formula is C14H12N4O2. The number of hydrogen-bond donors (Lipinski definition) is 3. The number of nitrogens with one attached hydrogen (secondary N) is 1. The minimum Gasteiger partial charge on any atom is -0.508 e. The van der Waals surface area contributed by atoms with Gasteiger partial charge in [-0.05, 0) is 36.8 Å². The van der Waals surface area contributed by atoms with Gasteiger partial charge < -0.3 is 10.2 Å². The molecular weight excluding hydrogens is 256 g/mol. The van der Waals surface area contributed by atoms with E-state index in [2.05, 4.69) is 20.2 Å². The van der Waals surface area contributed by atoms with Gasteiger partial charge in [0, 0.05) is 6.20 Å². The molecule has 20 heavy (non-hydrogen) atoms. The predicted octanol–water partition coefficient (Wildman–Crippen LogP) is 2.25. The van der Waals surface area contributed by atoms with Crippen LogP contribution in [0.25, 0.3) is 22.9 Å². The van der Waals surface area contributed by atoms with Gasteiger partial charge in [-0.2, -0.15) is 5.10 Å². The van der Waals surface area contributed by atoms with Gasteiger partial charge in [-0.3, -0.25) is 10.1 Å². The fraction of sp³-hybridized carbons (Fsp3) is 0.0714. The number of phenolic OH excluding ortho intramolecular Hbond substituents is 2. The summed E-state index contributed by atoms with van der Waals surface area (Å²) in [5, 5.41) is 26.1. The molecule has 0 radical (unpaired) electrons. The first-order valence-corrected chi connectivity index (χ1v) is 6.02. The Balaban J connectivity index is 2.07. The van der Waals surface area contributed by atoms with Gasteiger partial charge in [0.05, 0.1) is 5.56 Å². The van der Waals surface area contributed by atoms with Crippen LogP contribution >= 0.6 is 0 Å². The molecule has 0 atom stereocenters. The highest BCUT2D eigenvalue weighted by molar-refractivity contribution is 5.67. The number of nitrogens with zero attached hydrogens (tertiary/aromatic N) is 3. The Morgan fingerprint density at radius 3 is 2.80 bits per heavy atom. The molecule has 6 heteroatoms. The zero-order valence-electron chi connectivity index (χ0n) is 10.7. The summed E-state index contributed by atoms with van der Waals surface area (Å²) in [6, 6.07) is 7.98. The van der Waals surface area contributed by atoms with Crippen molar-refractivity contribution in [3.63, 3.8) is 0 Å². The Kier molecular flexibility index (Phi) is 2.83. The zero-order valence-corrected chi connectivity index (χ0v) is 10.7. The molecule has 2 heterocycles. The highest BCUT2D eigenvalue weighted by Crippen LogP contribution is 2.30. The summed E-state index contributed by atoms with van der Waals surface area (Å²) in [6.07, 6.45) is 1.68. The summed E-state index contributed by atoms with van der Waals surface area (Å²) in [6.45, 7) is 1.93. The molecule has 0 saturated heterocycles. The molecule has 3 rings (SSSR count).